The summed E-state index contributed by atoms with van der Waals surface area (Å²) in [6.07, 6.45) is 2.96. The van der Waals surface area contributed by atoms with Gasteiger partial charge in [-0.05, 0) is 49.7 Å². The summed E-state index contributed by atoms with van der Waals surface area (Å²) >= 11 is 0. The molecule has 1 amide bonds. The summed E-state index contributed by atoms with van der Waals surface area (Å²) in [7, 11) is 0. The average Bonchev–Trinajstić information content (AvgIpc) is 2.98. The molecule has 1 aromatic heterocycles. The highest BCUT2D eigenvalue weighted by atomic mass is 16.5. The quantitative estimate of drug-likeness (QED) is 0.753. The van der Waals surface area contributed by atoms with Gasteiger partial charge in [-0.3, -0.25) is 19.5 Å². The Balaban J connectivity index is 2.10. The number of benzene rings is 1. The lowest BCUT2D eigenvalue weighted by Gasteiger charge is -2.27. The standard InChI is InChI=1S/C22H22N2O5/c1-4-17(25)18-19(14-8-10-23-11-9-14)24(21(27)20(18)26)16-7-5-6-15(12-16)22(28)29-13(2)3/h5-13,19,26H,4H2,1-3H3. The number of nitrogens with zero attached hydrogens (tertiary/aromatic N) is 2. The molecule has 7 heteroatoms. The molecule has 2 aromatic rings. The number of hydrogen-bond acceptors (Lipinski definition) is 6. The molecule has 0 aliphatic carbocycles. The van der Waals surface area contributed by atoms with Crippen LogP contribution in [0.15, 0.2) is 60.1 Å². The summed E-state index contributed by atoms with van der Waals surface area (Å²) in [5.74, 6) is -2.11. The molecule has 29 heavy (non-hydrogen) atoms. The molecule has 7 nitrogen and oxygen atoms in total. The molecule has 1 aliphatic heterocycles. The zero-order chi connectivity index (χ0) is 21.1. The molecule has 3 rings (SSSR count). The highest BCUT2D eigenvalue weighted by Crippen LogP contribution is 2.41. The van der Waals surface area contributed by atoms with Crippen LogP contribution in [0, 0.1) is 0 Å². The van der Waals surface area contributed by atoms with Crippen molar-refractivity contribution in [1.82, 2.24) is 4.98 Å². The fourth-order valence-corrected chi connectivity index (χ4v) is 3.27. The number of carbonyl (C=O) groups is 3. The number of Topliss-reactive ketones (excluding diaryl/α,β-unsaturated/α-hetero) is 1. The smallest absolute Gasteiger partial charge is 0.338 e. The van der Waals surface area contributed by atoms with Gasteiger partial charge in [0.15, 0.2) is 11.5 Å². The Hall–Kier alpha value is -3.48. The first-order valence-corrected chi connectivity index (χ1v) is 9.36. The van der Waals surface area contributed by atoms with Gasteiger partial charge in [-0.25, -0.2) is 4.79 Å². The number of aromatic nitrogens is 1. The van der Waals surface area contributed by atoms with Gasteiger partial charge in [-0.2, -0.15) is 0 Å². The van der Waals surface area contributed by atoms with E-state index >= 15 is 0 Å². The predicted molar refractivity (Wildman–Crippen MR) is 106 cm³/mol. The van der Waals surface area contributed by atoms with Crippen molar-refractivity contribution < 1.29 is 24.2 Å². The molecule has 0 radical (unpaired) electrons. The van der Waals surface area contributed by atoms with Crippen molar-refractivity contribution in [3.05, 3.63) is 71.3 Å². The van der Waals surface area contributed by atoms with Gasteiger partial charge in [-0.1, -0.05) is 13.0 Å². The van der Waals surface area contributed by atoms with Gasteiger partial charge in [0.1, 0.15) is 0 Å². The van der Waals surface area contributed by atoms with E-state index in [0.29, 0.717) is 11.3 Å². The highest BCUT2D eigenvalue weighted by molar-refractivity contribution is 6.16. The lowest BCUT2D eigenvalue weighted by atomic mass is 9.95. The first kappa shape index (κ1) is 20.3. The second-order valence-electron chi connectivity index (χ2n) is 6.90. The van der Waals surface area contributed by atoms with E-state index in [1.807, 2.05) is 0 Å². The summed E-state index contributed by atoms with van der Waals surface area (Å²) < 4.78 is 5.23. The zero-order valence-corrected chi connectivity index (χ0v) is 16.5. The minimum absolute atomic E-state index is 0.0406. The molecule has 1 atom stereocenters. The van der Waals surface area contributed by atoms with E-state index in [9.17, 15) is 19.5 Å². The maximum atomic E-state index is 12.9. The number of pyridine rings is 1. The lowest BCUT2D eigenvalue weighted by molar-refractivity contribution is -0.118. The zero-order valence-electron chi connectivity index (χ0n) is 16.5. The van der Waals surface area contributed by atoms with Crippen molar-refractivity contribution in [2.24, 2.45) is 0 Å². The van der Waals surface area contributed by atoms with Crippen molar-refractivity contribution in [3.8, 4) is 0 Å². The fourth-order valence-electron chi connectivity index (χ4n) is 3.27. The first-order chi connectivity index (χ1) is 13.8. The number of carbonyl (C=O) groups excluding carboxylic acids is 3. The number of esters is 1. The summed E-state index contributed by atoms with van der Waals surface area (Å²) in [6.45, 7) is 5.16. The number of aliphatic hydroxyl groups excluding tert-OH is 1. The van der Waals surface area contributed by atoms with E-state index in [0.717, 1.165) is 0 Å². The van der Waals surface area contributed by atoms with E-state index < -0.39 is 23.7 Å². The van der Waals surface area contributed by atoms with Crippen LogP contribution >= 0.6 is 0 Å². The van der Waals surface area contributed by atoms with Crippen LogP contribution < -0.4 is 4.90 Å². The van der Waals surface area contributed by atoms with Crippen molar-refractivity contribution in [2.75, 3.05) is 4.90 Å². The number of aliphatic hydroxyl groups is 1. The molecule has 1 aliphatic rings. The summed E-state index contributed by atoms with van der Waals surface area (Å²) in [5.41, 5.74) is 1.32. The van der Waals surface area contributed by atoms with Crippen molar-refractivity contribution >= 4 is 23.3 Å². The molecule has 0 spiro atoms. The maximum absolute atomic E-state index is 12.9. The molecule has 0 saturated carbocycles. The van der Waals surface area contributed by atoms with E-state index in [-0.39, 0.29) is 29.4 Å². The molecule has 1 aromatic carbocycles. The first-order valence-electron chi connectivity index (χ1n) is 9.36. The maximum Gasteiger partial charge on any atom is 0.338 e. The third kappa shape index (κ3) is 3.89. The molecular formula is C22H22N2O5. The van der Waals surface area contributed by atoms with Gasteiger partial charge < -0.3 is 9.84 Å². The second-order valence-corrected chi connectivity index (χ2v) is 6.90. The molecule has 1 unspecified atom stereocenters. The minimum atomic E-state index is -0.811. The number of amides is 1. The summed E-state index contributed by atoms with van der Waals surface area (Å²) in [6, 6.07) is 8.93. The van der Waals surface area contributed by atoms with Gasteiger partial charge >= 0.3 is 5.97 Å². The molecular weight excluding hydrogens is 372 g/mol. The van der Waals surface area contributed by atoms with Crippen molar-refractivity contribution in [1.29, 1.82) is 0 Å². The van der Waals surface area contributed by atoms with E-state index in [2.05, 4.69) is 4.98 Å². The van der Waals surface area contributed by atoms with Crippen LogP contribution in [0.1, 0.15) is 49.2 Å². The largest absolute Gasteiger partial charge is 0.503 e. The molecule has 0 bridgehead atoms. The van der Waals surface area contributed by atoms with Crippen LogP contribution in [0.5, 0.6) is 0 Å². The molecule has 1 N–H and O–H groups in total. The topological polar surface area (TPSA) is 96.8 Å². The number of ketones is 1. The fraction of sp³-hybridized carbons (Fsp3) is 0.273. The van der Waals surface area contributed by atoms with E-state index in [1.165, 1.54) is 11.0 Å². The van der Waals surface area contributed by atoms with Crippen molar-refractivity contribution in [2.45, 2.75) is 39.3 Å². The summed E-state index contributed by atoms with van der Waals surface area (Å²) in [5, 5.41) is 10.5. The Morgan fingerprint density at radius 2 is 1.90 bits per heavy atom. The Kier molecular flexibility index (Phi) is 5.77. The predicted octanol–water partition coefficient (Wildman–Crippen LogP) is 3.53. The van der Waals surface area contributed by atoms with Crippen LogP contribution in [0.25, 0.3) is 0 Å². The molecule has 150 valence electrons. The summed E-state index contributed by atoms with van der Waals surface area (Å²) in [4.78, 5) is 43.0. The highest BCUT2D eigenvalue weighted by Gasteiger charge is 2.43. The van der Waals surface area contributed by atoms with Crippen LogP contribution in [-0.2, 0) is 14.3 Å². The third-order valence-electron chi connectivity index (χ3n) is 4.55. The van der Waals surface area contributed by atoms with E-state index in [4.69, 9.17) is 4.74 Å². The second kappa shape index (κ2) is 8.26. The van der Waals surface area contributed by atoms with Gasteiger partial charge in [-0.15, -0.1) is 0 Å². The van der Waals surface area contributed by atoms with Gasteiger partial charge in [0.2, 0.25) is 0 Å². The van der Waals surface area contributed by atoms with Crippen LogP contribution in [0.2, 0.25) is 0 Å². The average molecular weight is 394 g/mol. The van der Waals surface area contributed by atoms with Crippen LogP contribution in [0.3, 0.4) is 0 Å². The third-order valence-corrected chi connectivity index (χ3v) is 4.55. The Morgan fingerprint density at radius 3 is 2.52 bits per heavy atom. The number of anilines is 1. The Morgan fingerprint density at radius 1 is 1.21 bits per heavy atom. The lowest BCUT2D eigenvalue weighted by Crippen LogP contribution is -2.31. The van der Waals surface area contributed by atoms with Crippen molar-refractivity contribution in [3.63, 3.8) is 0 Å². The molecule has 2 heterocycles. The normalized spacial score (nSPS) is 16.5. The Labute approximate surface area is 168 Å². The van der Waals surface area contributed by atoms with Crippen LogP contribution in [-0.4, -0.2) is 33.9 Å². The minimum Gasteiger partial charge on any atom is -0.503 e. The monoisotopic (exact) mass is 394 g/mol. The van der Waals surface area contributed by atoms with Gasteiger partial charge in [0, 0.05) is 24.5 Å². The SMILES string of the molecule is CCC(=O)C1=C(O)C(=O)N(c2cccc(C(=O)OC(C)C)c2)C1c1ccncc1. The number of ether oxygens (including phenoxy) is 1. The molecule has 0 saturated heterocycles. The van der Waals surface area contributed by atoms with Gasteiger partial charge in [0.05, 0.1) is 23.3 Å². The number of rotatable bonds is 6. The van der Waals surface area contributed by atoms with E-state index in [1.54, 1.807) is 63.5 Å². The van der Waals surface area contributed by atoms with Gasteiger partial charge in [0.25, 0.3) is 5.91 Å². The number of hydrogen-bond donors (Lipinski definition) is 1. The van der Waals surface area contributed by atoms with Crippen LogP contribution in [0.4, 0.5) is 5.69 Å². The Bertz CT molecular complexity index is 982. The molecule has 0 fully saturated rings.